The lowest BCUT2D eigenvalue weighted by molar-refractivity contribution is -0.638. The van der Waals surface area contributed by atoms with Gasteiger partial charge in [0.15, 0.2) is 18.2 Å². The van der Waals surface area contributed by atoms with E-state index >= 15 is 0 Å². The van der Waals surface area contributed by atoms with Crippen LogP contribution in [0.4, 0.5) is 0 Å². The maximum Gasteiger partial charge on any atom is 0.385 e. The molecule has 0 aromatic heterocycles. The molecule has 5 atom stereocenters. The SMILES string of the molecule is CC1(C)OC2OC3C(O)COC3([N+](=O)[O-])C2O1. The third-order valence-corrected chi connectivity index (χ3v) is 3.27. The average molecular weight is 247 g/mol. The second kappa shape index (κ2) is 3.15. The summed E-state index contributed by atoms with van der Waals surface area (Å²) in [6, 6.07) is 0. The van der Waals surface area contributed by atoms with Crippen LogP contribution in [0.25, 0.3) is 0 Å². The molecule has 0 aromatic rings. The van der Waals surface area contributed by atoms with E-state index in [1.165, 1.54) is 0 Å². The van der Waals surface area contributed by atoms with Gasteiger partial charge in [-0.15, -0.1) is 0 Å². The highest BCUT2D eigenvalue weighted by atomic mass is 16.9. The molecule has 3 heterocycles. The molecule has 0 bridgehead atoms. The first-order chi connectivity index (χ1) is 7.87. The molecule has 0 aromatic carbocycles. The highest BCUT2D eigenvalue weighted by Crippen LogP contribution is 2.48. The van der Waals surface area contributed by atoms with Gasteiger partial charge in [-0.2, -0.15) is 0 Å². The Morgan fingerprint density at radius 1 is 1.35 bits per heavy atom. The quantitative estimate of drug-likeness (QED) is 0.479. The highest BCUT2D eigenvalue weighted by Gasteiger charge is 2.77. The number of hydrogen-bond acceptors (Lipinski definition) is 7. The van der Waals surface area contributed by atoms with Crippen molar-refractivity contribution in [2.75, 3.05) is 6.61 Å². The predicted molar refractivity (Wildman–Crippen MR) is 50.4 cm³/mol. The molecule has 3 saturated heterocycles. The summed E-state index contributed by atoms with van der Waals surface area (Å²) in [6.07, 6.45) is -3.94. The van der Waals surface area contributed by atoms with Crippen LogP contribution in [0.5, 0.6) is 0 Å². The van der Waals surface area contributed by atoms with Gasteiger partial charge in [0.25, 0.3) is 0 Å². The van der Waals surface area contributed by atoms with Gasteiger partial charge in [0.2, 0.25) is 6.10 Å². The van der Waals surface area contributed by atoms with Crippen LogP contribution in [0.15, 0.2) is 0 Å². The number of fused-ring (bicyclic) bond motifs is 3. The molecular weight excluding hydrogens is 234 g/mol. The van der Waals surface area contributed by atoms with E-state index in [0.717, 1.165) is 0 Å². The Hall–Kier alpha value is -0.800. The summed E-state index contributed by atoms with van der Waals surface area (Å²) < 4.78 is 21.4. The minimum absolute atomic E-state index is 0.140. The Balaban J connectivity index is 1.99. The molecule has 1 N–H and O–H groups in total. The van der Waals surface area contributed by atoms with Gasteiger partial charge >= 0.3 is 5.72 Å². The standard InChI is InChI=1S/C9H13NO7/c1-8(2)16-6-7(17-8)15-5-4(11)3-14-9(5,6)10(12)13/h4-7,11H,3H2,1-2H3. The normalized spacial score (nSPS) is 51.2. The second-order valence-electron chi connectivity index (χ2n) is 4.87. The molecule has 3 aliphatic rings. The Kier molecular flexibility index (Phi) is 2.09. The first-order valence-corrected chi connectivity index (χ1v) is 5.34. The van der Waals surface area contributed by atoms with Gasteiger partial charge in [-0.3, -0.25) is 10.1 Å². The molecule has 8 heteroatoms. The minimum atomic E-state index is -1.86. The van der Waals surface area contributed by atoms with Gasteiger partial charge in [0.05, 0.1) is 11.5 Å². The molecule has 17 heavy (non-hydrogen) atoms. The van der Waals surface area contributed by atoms with E-state index in [-0.39, 0.29) is 6.61 Å². The topological polar surface area (TPSA) is 100 Å². The van der Waals surface area contributed by atoms with Crippen LogP contribution in [0, 0.1) is 10.1 Å². The Morgan fingerprint density at radius 3 is 2.71 bits per heavy atom. The number of ether oxygens (including phenoxy) is 4. The molecule has 96 valence electrons. The monoisotopic (exact) mass is 247 g/mol. The van der Waals surface area contributed by atoms with Gasteiger partial charge in [-0.1, -0.05) is 0 Å². The molecule has 3 aliphatic heterocycles. The van der Waals surface area contributed by atoms with Crippen LogP contribution >= 0.6 is 0 Å². The minimum Gasteiger partial charge on any atom is -0.388 e. The third kappa shape index (κ3) is 1.30. The zero-order chi connectivity index (χ0) is 12.4. The average Bonchev–Trinajstić information content (AvgIpc) is 2.75. The van der Waals surface area contributed by atoms with Crippen molar-refractivity contribution in [3.05, 3.63) is 10.1 Å². The molecule has 0 radical (unpaired) electrons. The first-order valence-electron chi connectivity index (χ1n) is 5.34. The van der Waals surface area contributed by atoms with Crippen LogP contribution in [-0.4, -0.2) is 52.8 Å². The van der Waals surface area contributed by atoms with Crippen molar-refractivity contribution < 1.29 is 29.0 Å². The molecule has 0 aliphatic carbocycles. The van der Waals surface area contributed by atoms with E-state index in [4.69, 9.17) is 18.9 Å². The number of aliphatic hydroxyl groups excluding tert-OH is 1. The summed E-state index contributed by atoms with van der Waals surface area (Å²) in [5, 5.41) is 20.9. The summed E-state index contributed by atoms with van der Waals surface area (Å²) in [6.45, 7) is 3.14. The smallest absolute Gasteiger partial charge is 0.385 e. The van der Waals surface area contributed by atoms with Gasteiger partial charge < -0.3 is 24.1 Å². The zero-order valence-corrected chi connectivity index (χ0v) is 9.36. The summed E-state index contributed by atoms with van der Waals surface area (Å²) >= 11 is 0. The van der Waals surface area contributed by atoms with Gasteiger partial charge in [0, 0.05) is 0 Å². The highest BCUT2D eigenvalue weighted by molar-refractivity contribution is 5.05. The van der Waals surface area contributed by atoms with Crippen molar-refractivity contribution in [3.63, 3.8) is 0 Å². The molecular formula is C9H13NO7. The van der Waals surface area contributed by atoms with E-state index in [2.05, 4.69) is 0 Å². The van der Waals surface area contributed by atoms with Crippen molar-refractivity contribution in [3.8, 4) is 0 Å². The number of aliphatic hydroxyl groups is 1. The van der Waals surface area contributed by atoms with Crippen LogP contribution in [0.3, 0.4) is 0 Å². The Bertz CT molecular complexity index is 372. The number of hydrogen-bond donors (Lipinski definition) is 1. The van der Waals surface area contributed by atoms with E-state index < -0.39 is 41.0 Å². The Labute approximate surface area is 96.5 Å². The lowest BCUT2D eigenvalue weighted by atomic mass is 10.0. The number of nitro groups is 1. The molecule has 5 unspecified atom stereocenters. The van der Waals surface area contributed by atoms with Crippen LogP contribution < -0.4 is 0 Å². The summed E-state index contributed by atoms with van der Waals surface area (Å²) in [7, 11) is 0. The fourth-order valence-corrected chi connectivity index (χ4v) is 2.61. The van der Waals surface area contributed by atoms with Gasteiger partial charge in [-0.25, -0.2) is 0 Å². The number of nitrogens with zero attached hydrogens (tertiary/aromatic N) is 1. The van der Waals surface area contributed by atoms with Crippen molar-refractivity contribution >= 4 is 0 Å². The zero-order valence-electron chi connectivity index (χ0n) is 9.36. The fraction of sp³-hybridized carbons (Fsp3) is 1.00. The van der Waals surface area contributed by atoms with Crippen molar-refractivity contribution in [2.45, 2.75) is 50.0 Å². The Morgan fingerprint density at radius 2 is 2.06 bits per heavy atom. The van der Waals surface area contributed by atoms with Gasteiger partial charge in [0.1, 0.15) is 6.10 Å². The summed E-state index contributed by atoms with van der Waals surface area (Å²) in [5.41, 5.74) is -1.86. The maximum atomic E-state index is 11.3. The molecule has 8 nitrogen and oxygen atoms in total. The van der Waals surface area contributed by atoms with Crippen LogP contribution in [-0.2, 0) is 18.9 Å². The van der Waals surface area contributed by atoms with Crippen LogP contribution in [0.2, 0.25) is 0 Å². The van der Waals surface area contributed by atoms with E-state index in [1.807, 2.05) is 0 Å². The third-order valence-electron chi connectivity index (χ3n) is 3.27. The predicted octanol–water partition coefficient (Wildman–Crippen LogP) is -0.773. The summed E-state index contributed by atoms with van der Waals surface area (Å²) in [4.78, 5) is 10.7. The summed E-state index contributed by atoms with van der Waals surface area (Å²) in [5.74, 6) is -0.958. The fourth-order valence-electron chi connectivity index (χ4n) is 2.61. The molecule has 3 rings (SSSR count). The van der Waals surface area contributed by atoms with Crippen LogP contribution in [0.1, 0.15) is 13.8 Å². The second-order valence-corrected chi connectivity index (χ2v) is 4.87. The number of rotatable bonds is 1. The van der Waals surface area contributed by atoms with E-state index in [9.17, 15) is 15.2 Å². The van der Waals surface area contributed by atoms with Crippen molar-refractivity contribution in [1.82, 2.24) is 0 Å². The molecule has 0 amide bonds. The maximum absolute atomic E-state index is 11.3. The lowest BCUT2D eigenvalue weighted by Crippen LogP contribution is -2.55. The van der Waals surface area contributed by atoms with E-state index in [1.54, 1.807) is 13.8 Å². The molecule has 0 saturated carbocycles. The largest absolute Gasteiger partial charge is 0.388 e. The lowest BCUT2D eigenvalue weighted by Gasteiger charge is -2.25. The molecule has 0 spiro atoms. The van der Waals surface area contributed by atoms with Crippen molar-refractivity contribution in [1.29, 1.82) is 0 Å². The van der Waals surface area contributed by atoms with Gasteiger partial charge in [-0.05, 0) is 13.8 Å². The van der Waals surface area contributed by atoms with E-state index in [0.29, 0.717) is 0 Å². The molecule has 3 fully saturated rings. The first kappa shape index (κ1) is 11.3. The van der Waals surface area contributed by atoms with Crippen molar-refractivity contribution in [2.24, 2.45) is 0 Å².